The van der Waals surface area contributed by atoms with Crippen molar-refractivity contribution in [2.45, 2.75) is 39.5 Å². The summed E-state index contributed by atoms with van der Waals surface area (Å²) < 4.78 is 18.7. The van der Waals surface area contributed by atoms with Gasteiger partial charge in [0.05, 0.1) is 37.5 Å². The van der Waals surface area contributed by atoms with E-state index in [0.29, 0.717) is 57.6 Å². The topological polar surface area (TPSA) is 98.8 Å². The fourth-order valence-corrected chi connectivity index (χ4v) is 6.86. The number of Topliss-reactive ketones (excluding diaryl/α,β-unsaturated/α-hetero) is 1. The number of aromatic nitrogens is 1. The second-order valence-corrected chi connectivity index (χ2v) is 12.4. The number of carbonyl (C=O) groups is 2. The Morgan fingerprint density at radius 3 is 2.46 bits per heavy atom. The van der Waals surface area contributed by atoms with Crippen LogP contribution >= 0.6 is 27.3 Å². The second-order valence-electron chi connectivity index (χ2n) is 10.5. The number of hydrogen-bond acceptors (Lipinski definition) is 8. The molecular formula is C29H30BrN3O5S. The SMILES string of the molecule is COc1cc(OC)c(C2C(C(=O)Nc3nc4ccc(Br)cc4s3)=C(C)NC3=C2C(=O)CC(C)(C)C3)cc1OC. The molecule has 0 fully saturated rings. The Balaban J connectivity index is 1.65. The number of amides is 1. The highest BCUT2D eigenvalue weighted by atomic mass is 79.9. The summed E-state index contributed by atoms with van der Waals surface area (Å²) in [5.41, 5.74) is 3.73. The number of nitrogens with zero attached hydrogens (tertiary/aromatic N) is 1. The lowest BCUT2D eigenvalue weighted by atomic mass is 9.68. The Morgan fingerprint density at radius 2 is 1.77 bits per heavy atom. The quantitative estimate of drug-likeness (QED) is 0.336. The van der Waals surface area contributed by atoms with Crippen LogP contribution in [0.1, 0.15) is 45.1 Å². The third kappa shape index (κ3) is 5.03. The monoisotopic (exact) mass is 611 g/mol. The van der Waals surface area contributed by atoms with Crippen molar-refractivity contribution in [3.05, 3.63) is 62.9 Å². The van der Waals surface area contributed by atoms with Crippen LogP contribution in [0.2, 0.25) is 0 Å². The first-order valence-corrected chi connectivity index (χ1v) is 14.1. The lowest BCUT2D eigenvalue weighted by Crippen LogP contribution is -2.39. The van der Waals surface area contributed by atoms with Gasteiger partial charge in [-0.1, -0.05) is 41.1 Å². The van der Waals surface area contributed by atoms with Crippen LogP contribution in [0.15, 0.2) is 57.3 Å². The van der Waals surface area contributed by atoms with E-state index >= 15 is 0 Å². The van der Waals surface area contributed by atoms with Crippen LogP contribution in [0, 0.1) is 5.41 Å². The van der Waals surface area contributed by atoms with Crippen molar-refractivity contribution in [2.24, 2.45) is 5.41 Å². The molecule has 1 atom stereocenters. The standard InChI is InChI=1S/C29H30BrN3O5S/c1-14-24(27(35)33-28-32-17-8-7-15(30)9-23(17)39-28)25(26-18(31-14)12-29(2,3)13-19(26)34)16-10-21(37-5)22(38-6)11-20(16)36-4/h7-11,25,31H,12-13H2,1-6H3,(H,32,33,35). The molecule has 1 aliphatic heterocycles. The third-order valence-corrected chi connectivity index (χ3v) is 8.53. The lowest BCUT2D eigenvalue weighted by molar-refractivity contribution is -0.118. The number of fused-ring (bicyclic) bond motifs is 1. The first kappa shape index (κ1) is 27.2. The van der Waals surface area contributed by atoms with E-state index < -0.39 is 5.92 Å². The van der Waals surface area contributed by atoms with Gasteiger partial charge >= 0.3 is 0 Å². The number of dihydropyridines is 1. The molecule has 2 N–H and O–H groups in total. The van der Waals surface area contributed by atoms with Crippen LogP contribution in [0.4, 0.5) is 5.13 Å². The number of thiazole rings is 1. The Morgan fingerprint density at radius 1 is 1.08 bits per heavy atom. The van der Waals surface area contributed by atoms with E-state index in [9.17, 15) is 9.59 Å². The summed E-state index contributed by atoms with van der Waals surface area (Å²) in [7, 11) is 4.66. The number of carbonyl (C=O) groups excluding carboxylic acids is 2. The highest BCUT2D eigenvalue weighted by molar-refractivity contribution is 9.10. The summed E-state index contributed by atoms with van der Waals surface area (Å²) in [6, 6.07) is 9.29. The summed E-state index contributed by atoms with van der Waals surface area (Å²) in [6.45, 7) is 6.02. The zero-order valence-electron chi connectivity index (χ0n) is 22.7. The molecule has 8 nitrogen and oxygen atoms in total. The van der Waals surface area contributed by atoms with E-state index in [1.165, 1.54) is 11.3 Å². The van der Waals surface area contributed by atoms with Gasteiger partial charge < -0.3 is 19.5 Å². The fraction of sp³-hybridized carbons (Fsp3) is 0.345. The highest BCUT2D eigenvalue weighted by Crippen LogP contribution is 2.50. The molecule has 10 heteroatoms. The van der Waals surface area contributed by atoms with Gasteiger partial charge in [0.25, 0.3) is 5.91 Å². The molecule has 2 heterocycles. The number of anilines is 1. The lowest BCUT2D eigenvalue weighted by Gasteiger charge is -2.40. The summed E-state index contributed by atoms with van der Waals surface area (Å²) in [5, 5.41) is 6.87. The van der Waals surface area contributed by atoms with Crippen molar-refractivity contribution in [1.29, 1.82) is 0 Å². The van der Waals surface area contributed by atoms with E-state index in [1.807, 2.05) is 25.1 Å². The Bertz CT molecular complexity index is 1570. The molecule has 204 valence electrons. The maximum absolute atomic E-state index is 14.0. The van der Waals surface area contributed by atoms with Crippen molar-refractivity contribution >= 4 is 54.3 Å². The molecule has 0 saturated carbocycles. The number of allylic oxidation sites excluding steroid dienone is 3. The average molecular weight is 613 g/mol. The Hall–Kier alpha value is -3.37. The summed E-state index contributed by atoms with van der Waals surface area (Å²) in [4.78, 5) is 32.3. The minimum Gasteiger partial charge on any atom is -0.496 e. The molecule has 0 saturated heterocycles. The number of benzene rings is 2. The van der Waals surface area contributed by atoms with E-state index in [4.69, 9.17) is 14.2 Å². The van der Waals surface area contributed by atoms with Crippen molar-refractivity contribution in [1.82, 2.24) is 10.3 Å². The summed E-state index contributed by atoms with van der Waals surface area (Å²) in [6.07, 6.45) is 1.06. The highest BCUT2D eigenvalue weighted by Gasteiger charge is 2.44. The maximum Gasteiger partial charge on any atom is 0.256 e. The molecule has 5 rings (SSSR count). The molecule has 0 radical (unpaired) electrons. The summed E-state index contributed by atoms with van der Waals surface area (Å²) in [5.74, 6) is 0.439. The van der Waals surface area contributed by atoms with Crippen molar-refractivity contribution in [3.63, 3.8) is 0 Å². The van der Waals surface area contributed by atoms with Crippen LogP contribution in [0.3, 0.4) is 0 Å². The zero-order chi connectivity index (χ0) is 28.1. The molecule has 39 heavy (non-hydrogen) atoms. The fourth-order valence-electron chi connectivity index (χ4n) is 5.44. The van der Waals surface area contributed by atoms with Gasteiger partial charge in [-0.2, -0.15) is 0 Å². The van der Waals surface area contributed by atoms with Crippen LogP contribution in [0.25, 0.3) is 10.2 Å². The molecule has 1 amide bonds. The number of rotatable bonds is 6. The largest absolute Gasteiger partial charge is 0.496 e. The first-order chi connectivity index (χ1) is 18.5. The molecule has 0 spiro atoms. The minimum atomic E-state index is -0.678. The molecule has 1 aliphatic carbocycles. The van der Waals surface area contributed by atoms with Gasteiger partial charge in [-0.25, -0.2) is 4.98 Å². The van der Waals surface area contributed by atoms with Gasteiger partial charge in [0.15, 0.2) is 22.4 Å². The third-order valence-electron chi connectivity index (χ3n) is 7.10. The minimum absolute atomic E-state index is 0.00164. The molecule has 2 aromatic carbocycles. The van der Waals surface area contributed by atoms with E-state index in [0.717, 1.165) is 20.4 Å². The number of nitrogens with one attached hydrogen (secondary N) is 2. The van der Waals surface area contributed by atoms with Gasteiger partial charge in [-0.15, -0.1) is 0 Å². The molecular weight excluding hydrogens is 582 g/mol. The van der Waals surface area contributed by atoms with Gasteiger partial charge in [-0.3, -0.25) is 14.9 Å². The van der Waals surface area contributed by atoms with E-state index in [2.05, 4.69) is 45.4 Å². The molecule has 2 aliphatic rings. The van der Waals surface area contributed by atoms with Crippen LogP contribution < -0.4 is 24.8 Å². The van der Waals surface area contributed by atoms with Crippen LogP contribution in [-0.4, -0.2) is 38.0 Å². The number of methoxy groups -OCH3 is 3. The Kier molecular flexibility index (Phi) is 7.19. The predicted molar refractivity (Wildman–Crippen MR) is 156 cm³/mol. The second kappa shape index (κ2) is 10.3. The van der Waals surface area contributed by atoms with Crippen LogP contribution in [0.5, 0.6) is 17.2 Å². The van der Waals surface area contributed by atoms with E-state index in [-0.39, 0.29) is 17.1 Å². The molecule has 1 aromatic heterocycles. The molecule has 0 bridgehead atoms. The van der Waals surface area contributed by atoms with Gasteiger partial charge in [0, 0.05) is 45.1 Å². The maximum atomic E-state index is 14.0. The number of halogens is 1. The smallest absolute Gasteiger partial charge is 0.256 e. The molecule has 3 aromatic rings. The van der Waals surface area contributed by atoms with Crippen LogP contribution in [-0.2, 0) is 9.59 Å². The van der Waals surface area contributed by atoms with E-state index in [1.54, 1.807) is 33.5 Å². The Labute approximate surface area is 239 Å². The normalized spacial score (nSPS) is 18.5. The van der Waals surface area contributed by atoms with Gasteiger partial charge in [-0.05, 0) is 43.0 Å². The van der Waals surface area contributed by atoms with Gasteiger partial charge in [0.1, 0.15) is 5.75 Å². The number of ketones is 1. The van der Waals surface area contributed by atoms with Crippen molar-refractivity contribution in [2.75, 3.05) is 26.6 Å². The number of ether oxygens (including phenoxy) is 3. The summed E-state index contributed by atoms with van der Waals surface area (Å²) >= 11 is 4.87. The van der Waals surface area contributed by atoms with Gasteiger partial charge in [0.2, 0.25) is 0 Å². The molecule has 1 unspecified atom stereocenters. The average Bonchev–Trinajstić information content (AvgIpc) is 3.27. The first-order valence-electron chi connectivity index (χ1n) is 12.5. The van der Waals surface area contributed by atoms with Crippen molar-refractivity contribution < 1.29 is 23.8 Å². The number of hydrogen-bond donors (Lipinski definition) is 2. The van der Waals surface area contributed by atoms with Crippen molar-refractivity contribution in [3.8, 4) is 17.2 Å². The zero-order valence-corrected chi connectivity index (χ0v) is 25.1. The predicted octanol–water partition coefficient (Wildman–Crippen LogP) is 6.33.